The zero-order chi connectivity index (χ0) is 24.9. The Hall–Kier alpha value is -3.15. The fraction of sp³-hybridized carbons (Fsp3) is 0.308. The van der Waals surface area contributed by atoms with Gasteiger partial charge < -0.3 is 5.32 Å². The van der Waals surface area contributed by atoms with Crippen molar-refractivity contribution in [2.45, 2.75) is 55.6 Å². The largest absolute Gasteiger partial charge is 0.351 e. The first-order chi connectivity index (χ1) is 16.1. The molecule has 0 unspecified atom stereocenters. The summed E-state index contributed by atoms with van der Waals surface area (Å²) in [4.78, 5) is 30.4. The maximum Gasteiger partial charge on any atom is 0.257 e. The van der Waals surface area contributed by atoms with E-state index < -0.39 is 0 Å². The molecule has 8 heteroatoms. The summed E-state index contributed by atoms with van der Waals surface area (Å²) in [5, 5.41) is 14.8. The minimum Gasteiger partial charge on any atom is -0.351 e. The van der Waals surface area contributed by atoms with Crippen LogP contribution < -0.4 is 10.6 Å². The Morgan fingerprint density at radius 2 is 1.79 bits per heavy atom. The van der Waals surface area contributed by atoms with Gasteiger partial charge in [0.2, 0.25) is 0 Å². The lowest BCUT2D eigenvalue weighted by Gasteiger charge is -2.18. The fourth-order valence-electron chi connectivity index (χ4n) is 3.28. The topological polar surface area (TPSA) is 94.9 Å². The van der Waals surface area contributed by atoms with E-state index in [9.17, 15) is 9.59 Å². The second kappa shape index (κ2) is 10.9. The smallest absolute Gasteiger partial charge is 0.257 e. The number of anilines is 1. The molecule has 1 aromatic heterocycles. The number of carbonyl (C=O) groups is 2. The predicted octanol–water partition coefficient (Wildman–Crippen LogP) is 6.10. The van der Waals surface area contributed by atoms with Crippen molar-refractivity contribution in [3.63, 3.8) is 0 Å². The van der Waals surface area contributed by atoms with E-state index in [1.807, 2.05) is 56.3 Å². The van der Waals surface area contributed by atoms with E-state index in [1.165, 1.54) is 28.7 Å². The number of nitriles is 1. The number of aromatic nitrogens is 1. The number of hydrogen-bond donors (Lipinski definition) is 2. The highest BCUT2D eigenvalue weighted by molar-refractivity contribution is 8.01. The highest BCUT2D eigenvalue weighted by atomic mass is 32.2. The van der Waals surface area contributed by atoms with Gasteiger partial charge in [-0.3, -0.25) is 14.9 Å². The molecule has 0 bridgehead atoms. The third-order valence-corrected chi connectivity index (χ3v) is 7.39. The Morgan fingerprint density at radius 1 is 1.09 bits per heavy atom. The summed E-state index contributed by atoms with van der Waals surface area (Å²) in [7, 11) is 0. The first kappa shape index (κ1) is 25.5. The highest BCUT2D eigenvalue weighted by Crippen LogP contribution is 2.37. The lowest BCUT2D eigenvalue weighted by molar-refractivity contribution is 0.0952. The van der Waals surface area contributed by atoms with Crippen molar-refractivity contribution in [3.05, 3.63) is 70.4 Å². The number of aryl methyl sites for hydroxylation is 2. The quantitative estimate of drug-likeness (QED) is 0.388. The zero-order valence-electron chi connectivity index (χ0n) is 20.0. The Kier molecular flexibility index (Phi) is 8.13. The third kappa shape index (κ3) is 6.46. The average Bonchev–Trinajstić information content (AvgIpc) is 3.22. The van der Waals surface area contributed by atoms with Gasteiger partial charge in [-0.25, -0.2) is 4.98 Å². The molecule has 0 atom stereocenters. The molecule has 6 nitrogen and oxygen atoms in total. The molecule has 0 saturated carbocycles. The van der Waals surface area contributed by atoms with Gasteiger partial charge in [0.15, 0.2) is 5.13 Å². The molecule has 0 aliphatic heterocycles. The van der Waals surface area contributed by atoms with Crippen LogP contribution in [0.5, 0.6) is 0 Å². The van der Waals surface area contributed by atoms with Crippen LogP contribution in [0.3, 0.4) is 0 Å². The summed E-state index contributed by atoms with van der Waals surface area (Å²) >= 11 is 2.89. The van der Waals surface area contributed by atoms with Gasteiger partial charge in [0.25, 0.3) is 11.8 Å². The third-order valence-electron chi connectivity index (χ3n) is 5.22. The number of thiazole rings is 1. The van der Waals surface area contributed by atoms with Gasteiger partial charge in [-0.1, -0.05) is 62.1 Å². The molecule has 34 heavy (non-hydrogen) atoms. The molecule has 2 aromatic carbocycles. The molecule has 1 heterocycles. The molecule has 0 spiro atoms. The Morgan fingerprint density at radius 3 is 2.44 bits per heavy atom. The lowest BCUT2D eigenvalue weighted by atomic mass is 9.87. The molecule has 176 valence electrons. The summed E-state index contributed by atoms with van der Waals surface area (Å²) in [5.74, 6) is -0.390. The molecule has 2 N–H and O–H groups in total. The molecular formula is C26H28N4O2S2. The summed E-state index contributed by atoms with van der Waals surface area (Å²) in [6.45, 7) is 10.6. The van der Waals surface area contributed by atoms with Gasteiger partial charge in [0, 0.05) is 22.6 Å². The highest BCUT2D eigenvalue weighted by Gasteiger charge is 2.16. The number of carbonyl (C=O) groups excluding carboxylic acids is 2. The molecule has 0 fully saturated rings. The van der Waals surface area contributed by atoms with Crippen molar-refractivity contribution >= 4 is 40.0 Å². The van der Waals surface area contributed by atoms with Crippen LogP contribution in [0.2, 0.25) is 0 Å². The molecule has 3 rings (SSSR count). The summed E-state index contributed by atoms with van der Waals surface area (Å²) in [6, 6.07) is 13.5. The second-order valence-electron chi connectivity index (χ2n) is 8.96. The first-order valence-electron chi connectivity index (χ1n) is 10.9. The second-order valence-corrected chi connectivity index (χ2v) is 11.3. The summed E-state index contributed by atoms with van der Waals surface area (Å²) < 4.78 is 0.904. The maximum absolute atomic E-state index is 12.6. The van der Waals surface area contributed by atoms with Crippen LogP contribution in [-0.4, -0.2) is 23.3 Å². The van der Waals surface area contributed by atoms with Crippen molar-refractivity contribution in [1.29, 1.82) is 5.26 Å². The van der Waals surface area contributed by atoms with E-state index in [0.717, 1.165) is 20.2 Å². The standard InChI is InChI=1S/C26H28N4O2S2/c1-16-13-17(2)21(14-20(16)24(32)28-12-6-11-27)33-22-15-29-25(34-22)30-23(31)18-7-9-19(10-8-18)26(3,4)5/h7-10,13-15H,6,12H2,1-5H3,(H,28,32)(H,29,30,31). The van der Waals surface area contributed by atoms with E-state index in [-0.39, 0.29) is 23.7 Å². The molecule has 3 aromatic rings. The number of benzene rings is 2. The van der Waals surface area contributed by atoms with Gasteiger partial charge in [-0.05, 0) is 54.2 Å². The lowest BCUT2D eigenvalue weighted by Crippen LogP contribution is -2.25. The van der Waals surface area contributed by atoms with Gasteiger partial charge in [-0.15, -0.1) is 0 Å². The molecule has 2 amide bonds. The predicted molar refractivity (Wildman–Crippen MR) is 138 cm³/mol. The SMILES string of the molecule is Cc1cc(C)c(C(=O)NCCC#N)cc1Sc1cnc(NC(=O)c2ccc(C(C)(C)C)cc2)s1. The molecule has 0 saturated heterocycles. The number of nitrogens with one attached hydrogen (secondary N) is 2. The van der Waals surface area contributed by atoms with E-state index in [2.05, 4.69) is 36.4 Å². The number of amides is 2. The Balaban J connectivity index is 1.70. The molecule has 0 aliphatic carbocycles. The number of nitrogens with zero attached hydrogens (tertiary/aromatic N) is 2. The fourth-order valence-corrected chi connectivity index (χ4v) is 5.21. The first-order valence-corrected chi connectivity index (χ1v) is 12.5. The van der Waals surface area contributed by atoms with Crippen molar-refractivity contribution in [2.75, 3.05) is 11.9 Å². The van der Waals surface area contributed by atoms with Crippen LogP contribution in [0.15, 0.2) is 51.7 Å². The van der Waals surface area contributed by atoms with E-state index >= 15 is 0 Å². The van der Waals surface area contributed by atoms with Gasteiger partial charge in [0.05, 0.1) is 22.9 Å². The van der Waals surface area contributed by atoms with E-state index in [4.69, 9.17) is 5.26 Å². The van der Waals surface area contributed by atoms with Gasteiger partial charge >= 0.3 is 0 Å². The van der Waals surface area contributed by atoms with E-state index in [1.54, 1.807) is 6.20 Å². The minimum absolute atomic E-state index is 0.0295. The van der Waals surface area contributed by atoms with Crippen LogP contribution in [0.4, 0.5) is 5.13 Å². The average molecular weight is 493 g/mol. The van der Waals surface area contributed by atoms with E-state index in [0.29, 0.717) is 22.8 Å². The van der Waals surface area contributed by atoms with Crippen molar-refractivity contribution in [3.8, 4) is 6.07 Å². The Labute approximate surface area is 208 Å². The molecular weight excluding hydrogens is 464 g/mol. The van der Waals surface area contributed by atoms with Crippen molar-refractivity contribution in [1.82, 2.24) is 10.3 Å². The van der Waals surface area contributed by atoms with Crippen LogP contribution in [0.25, 0.3) is 0 Å². The maximum atomic E-state index is 12.6. The van der Waals surface area contributed by atoms with Crippen molar-refractivity contribution in [2.24, 2.45) is 0 Å². The van der Waals surface area contributed by atoms with Crippen LogP contribution >= 0.6 is 23.1 Å². The minimum atomic E-state index is -0.200. The normalized spacial score (nSPS) is 11.1. The summed E-state index contributed by atoms with van der Waals surface area (Å²) in [5.41, 5.74) is 4.30. The number of hydrogen-bond acceptors (Lipinski definition) is 6. The van der Waals surface area contributed by atoms with Gasteiger partial charge in [0.1, 0.15) is 0 Å². The molecule has 0 aliphatic rings. The molecule has 0 radical (unpaired) electrons. The van der Waals surface area contributed by atoms with Crippen molar-refractivity contribution < 1.29 is 9.59 Å². The van der Waals surface area contributed by atoms with Crippen LogP contribution in [0.1, 0.15) is 64.6 Å². The summed E-state index contributed by atoms with van der Waals surface area (Å²) in [6.07, 6.45) is 1.99. The van der Waals surface area contributed by atoms with Crippen LogP contribution in [0, 0.1) is 25.2 Å². The Bertz CT molecular complexity index is 1240. The van der Waals surface area contributed by atoms with Crippen LogP contribution in [-0.2, 0) is 5.41 Å². The van der Waals surface area contributed by atoms with Gasteiger partial charge in [-0.2, -0.15) is 5.26 Å². The zero-order valence-corrected chi connectivity index (χ0v) is 21.6. The number of rotatable bonds is 7. The monoisotopic (exact) mass is 492 g/mol.